The minimum atomic E-state index is 0.616. The fourth-order valence-corrected chi connectivity index (χ4v) is 2.96. The molecule has 1 aliphatic heterocycles. The lowest BCUT2D eigenvalue weighted by Crippen LogP contribution is -2.53. The molecule has 0 spiro atoms. The van der Waals surface area contributed by atoms with Crippen molar-refractivity contribution in [2.75, 3.05) is 26.7 Å². The third kappa shape index (κ3) is 3.71. The molecular weight excluding hydrogens is 236 g/mol. The molecule has 0 saturated carbocycles. The summed E-state index contributed by atoms with van der Waals surface area (Å²) in [6.45, 7) is 7.62. The van der Waals surface area contributed by atoms with Crippen molar-refractivity contribution in [3.05, 3.63) is 30.3 Å². The monoisotopic (exact) mass is 262 g/mol. The Morgan fingerprint density at radius 1 is 1.26 bits per heavy atom. The smallest absolute Gasteiger partial charge is 0.119 e. The van der Waals surface area contributed by atoms with E-state index in [1.807, 2.05) is 30.3 Å². The van der Waals surface area contributed by atoms with Gasteiger partial charge in [0.25, 0.3) is 0 Å². The van der Waals surface area contributed by atoms with E-state index in [1.165, 1.54) is 6.42 Å². The minimum absolute atomic E-state index is 0.616. The third-order valence-electron chi connectivity index (χ3n) is 4.46. The Bertz CT molecular complexity index is 368. The summed E-state index contributed by atoms with van der Waals surface area (Å²) in [5, 5.41) is 3.43. The van der Waals surface area contributed by atoms with E-state index in [1.54, 1.807) is 0 Å². The van der Waals surface area contributed by atoms with Crippen LogP contribution in [0.15, 0.2) is 30.3 Å². The Morgan fingerprint density at radius 3 is 2.68 bits per heavy atom. The molecule has 0 aromatic heterocycles. The summed E-state index contributed by atoms with van der Waals surface area (Å²) in [5.41, 5.74) is 0. The average molecular weight is 262 g/mol. The quantitative estimate of drug-likeness (QED) is 0.882. The van der Waals surface area contributed by atoms with Gasteiger partial charge in [0.1, 0.15) is 12.4 Å². The summed E-state index contributed by atoms with van der Waals surface area (Å²) >= 11 is 0. The highest BCUT2D eigenvalue weighted by molar-refractivity contribution is 5.20. The molecule has 3 unspecified atom stereocenters. The van der Waals surface area contributed by atoms with Crippen LogP contribution in [0.25, 0.3) is 0 Å². The van der Waals surface area contributed by atoms with E-state index in [-0.39, 0.29) is 0 Å². The lowest BCUT2D eigenvalue weighted by molar-refractivity contribution is 0.0741. The lowest BCUT2D eigenvalue weighted by Gasteiger charge is -2.42. The summed E-state index contributed by atoms with van der Waals surface area (Å²) < 4.78 is 5.79. The van der Waals surface area contributed by atoms with Crippen LogP contribution in [0.5, 0.6) is 5.75 Å². The fraction of sp³-hybridized carbons (Fsp3) is 0.625. The van der Waals surface area contributed by atoms with E-state index in [9.17, 15) is 0 Å². The molecule has 1 aliphatic rings. The van der Waals surface area contributed by atoms with Crippen molar-refractivity contribution < 1.29 is 4.74 Å². The van der Waals surface area contributed by atoms with Crippen molar-refractivity contribution in [2.24, 2.45) is 5.92 Å². The zero-order chi connectivity index (χ0) is 13.7. The largest absolute Gasteiger partial charge is 0.492 e. The number of nitrogens with one attached hydrogen (secondary N) is 1. The molecule has 106 valence electrons. The average Bonchev–Trinajstić information content (AvgIpc) is 2.45. The van der Waals surface area contributed by atoms with E-state index in [0.717, 1.165) is 25.4 Å². The van der Waals surface area contributed by atoms with Gasteiger partial charge in [-0.3, -0.25) is 4.90 Å². The van der Waals surface area contributed by atoms with E-state index in [4.69, 9.17) is 4.74 Å². The molecule has 1 saturated heterocycles. The Labute approximate surface area is 116 Å². The first kappa shape index (κ1) is 14.4. The van der Waals surface area contributed by atoms with Gasteiger partial charge in [0, 0.05) is 25.2 Å². The highest BCUT2D eigenvalue weighted by Gasteiger charge is 2.30. The normalized spacial score (nSPS) is 28.3. The van der Waals surface area contributed by atoms with Gasteiger partial charge in [-0.1, -0.05) is 25.1 Å². The summed E-state index contributed by atoms with van der Waals surface area (Å²) in [7, 11) is 2.07. The van der Waals surface area contributed by atoms with E-state index < -0.39 is 0 Å². The summed E-state index contributed by atoms with van der Waals surface area (Å²) in [6, 6.07) is 11.3. The molecule has 3 heteroatoms. The molecule has 0 bridgehead atoms. The number of rotatable bonds is 5. The van der Waals surface area contributed by atoms with Gasteiger partial charge in [0.2, 0.25) is 0 Å². The van der Waals surface area contributed by atoms with Gasteiger partial charge in [-0.15, -0.1) is 0 Å². The Morgan fingerprint density at radius 2 is 2.00 bits per heavy atom. The standard InChI is InChI=1S/C16H26N2O/c1-13-14(2)18(10-9-16(13)17-3)11-12-19-15-7-5-4-6-8-15/h4-8,13-14,16-17H,9-12H2,1-3H3. The second-order valence-electron chi connectivity index (χ2n) is 5.48. The highest BCUT2D eigenvalue weighted by atomic mass is 16.5. The maximum Gasteiger partial charge on any atom is 0.119 e. The van der Waals surface area contributed by atoms with Gasteiger partial charge in [-0.25, -0.2) is 0 Å². The van der Waals surface area contributed by atoms with E-state index >= 15 is 0 Å². The lowest BCUT2D eigenvalue weighted by atomic mass is 9.87. The fourth-order valence-electron chi connectivity index (χ4n) is 2.96. The Kier molecular flexibility index (Phi) is 5.23. The number of piperidine rings is 1. The summed E-state index contributed by atoms with van der Waals surface area (Å²) in [5.74, 6) is 1.66. The topological polar surface area (TPSA) is 24.5 Å². The molecule has 3 nitrogen and oxygen atoms in total. The van der Waals surface area contributed by atoms with Crippen molar-refractivity contribution in [3.63, 3.8) is 0 Å². The van der Waals surface area contributed by atoms with Crippen LogP contribution < -0.4 is 10.1 Å². The summed E-state index contributed by atoms with van der Waals surface area (Å²) in [4.78, 5) is 2.54. The van der Waals surface area contributed by atoms with Crippen LogP contribution in [-0.2, 0) is 0 Å². The zero-order valence-electron chi connectivity index (χ0n) is 12.3. The van der Waals surface area contributed by atoms with Crippen LogP contribution in [0.4, 0.5) is 0 Å². The van der Waals surface area contributed by atoms with Crippen LogP contribution in [0.3, 0.4) is 0 Å². The molecule has 1 fully saturated rings. The number of hydrogen-bond acceptors (Lipinski definition) is 3. The molecule has 0 radical (unpaired) electrons. The third-order valence-corrected chi connectivity index (χ3v) is 4.46. The number of ether oxygens (including phenoxy) is 1. The first-order valence-corrected chi connectivity index (χ1v) is 7.31. The molecule has 1 heterocycles. The number of para-hydroxylation sites is 1. The van der Waals surface area contributed by atoms with Gasteiger partial charge in [-0.2, -0.15) is 0 Å². The van der Waals surface area contributed by atoms with Gasteiger partial charge in [0.05, 0.1) is 0 Å². The molecule has 1 aromatic rings. The summed E-state index contributed by atoms with van der Waals surface area (Å²) in [6.07, 6.45) is 1.23. The molecule has 0 amide bonds. The minimum Gasteiger partial charge on any atom is -0.492 e. The van der Waals surface area contributed by atoms with Crippen LogP contribution in [0.2, 0.25) is 0 Å². The van der Waals surface area contributed by atoms with Gasteiger partial charge >= 0.3 is 0 Å². The maximum atomic E-state index is 5.79. The van der Waals surface area contributed by atoms with Crippen molar-refractivity contribution >= 4 is 0 Å². The number of hydrogen-bond donors (Lipinski definition) is 1. The van der Waals surface area contributed by atoms with Crippen molar-refractivity contribution in [1.29, 1.82) is 0 Å². The number of likely N-dealkylation sites (tertiary alicyclic amines) is 1. The van der Waals surface area contributed by atoms with Crippen LogP contribution in [0.1, 0.15) is 20.3 Å². The van der Waals surface area contributed by atoms with Crippen molar-refractivity contribution in [3.8, 4) is 5.75 Å². The Hall–Kier alpha value is -1.06. The maximum absolute atomic E-state index is 5.79. The molecule has 1 aromatic carbocycles. The molecule has 2 rings (SSSR count). The highest BCUT2D eigenvalue weighted by Crippen LogP contribution is 2.23. The first-order chi connectivity index (χ1) is 9.22. The Balaban J connectivity index is 1.77. The van der Waals surface area contributed by atoms with Crippen LogP contribution >= 0.6 is 0 Å². The molecule has 1 N–H and O–H groups in total. The zero-order valence-corrected chi connectivity index (χ0v) is 12.3. The molecular formula is C16H26N2O. The SMILES string of the molecule is CNC1CCN(CCOc2ccccc2)C(C)C1C. The molecule has 19 heavy (non-hydrogen) atoms. The second-order valence-corrected chi connectivity index (χ2v) is 5.48. The molecule has 0 aliphatic carbocycles. The van der Waals surface area contributed by atoms with Gasteiger partial charge < -0.3 is 10.1 Å². The number of nitrogens with zero attached hydrogens (tertiary/aromatic N) is 1. The number of benzene rings is 1. The van der Waals surface area contributed by atoms with Crippen molar-refractivity contribution in [1.82, 2.24) is 10.2 Å². The second kappa shape index (κ2) is 6.92. The first-order valence-electron chi connectivity index (χ1n) is 7.31. The van der Waals surface area contributed by atoms with Gasteiger partial charge in [0.15, 0.2) is 0 Å². The van der Waals surface area contributed by atoms with Crippen LogP contribution in [0, 0.1) is 5.92 Å². The van der Waals surface area contributed by atoms with E-state index in [2.05, 4.69) is 31.1 Å². The van der Waals surface area contributed by atoms with Crippen molar-refractivity contribution in [2.45, 2.75) is 32.4 Å². The predicted octanol–water partition coefficient (Wildman–Crippen LogP) is 2.38. The molecule has 3 atom stereocenters. The van der Waals surface area contributed by atoms with Gasteiger partial charge in [-0.05, 0) is 38.4 Å². The van der Waals surface area contributed by atoms with E-state index in [0.29, 0.717) is 18.0 Å². The van der Waals surface area contributed by atoms with Crippen LogP contribution in [-0.4, -0.2) is 43.7 Å². The predicted molar refractivity (Wildman–Crippen MR) is 79.6 cm³/mol.